The summed E-state index contributed by atoms with van der Waals surface area (Å²) in [6, 6.07) is 0.145. The van der Waals surface area contributed by atoms with Crippen LogP contribution in [0.1, 0.15) is 19.3 Å². The van der Waals surface area contributed by atoms with Gasteiger partial charge in [-0.15, -0.1) is 0 Å². The normalized spacial score (nSPS) is 27.8. The molecule has 0 bridgehead atoms. The van der Waals surface area contributed by atoms with Gasteiger partial charge in [-0.25, -0.2) is 4.79 Å². The van der Waals surface area contributed by atoms with Gasteiger partial charge in [0.25, 0.3) is 0 Å². The maximum Gasteiger partial charge on any atom is 0.317 e. The van der Waals surface area contributed by atoms with Crippen molar-refractivity contribution in [3.05, 3.63) is 0 Å². The molecule has 0 unspecified atom stereocenters. The molecule has 2 rings (SSSR count). The first-order valence-corrected chi connectivity index (χ1v) is 6.40. The Labute approximate surface area is 103 Å². The van der Waals surface area contributed by atoms with Gasteiger partial charge in [-0.1, -0.05) is 0 Å². The Bertz CT molecular complexity index is 267. The van der Waals surface area contributed by atoms with Gasteiger partial charge in [-0.3, -0.25) is 0 Å². The molecule has 2 saturated heterocycles. The molecule has 1 spiro atoms. The number of carbonyl (C=O) groups is 1. The Hall–Kier alpha value is -0.810. The summed E-state index contributed by atoms with van der Waals surface area (Å²) in [6.45, 7) is 3.58. The van der Waals surface area contributed by atoms with E-state index in [-0.39, 0.29) is 17.5 Å². The van der Waals surface area contributed by atoms with Crippen molar-refractivity contribution in [3.8, 4) is 0 Å². The van der Waals surface area contributed by atoms with E-state index in [4.69, 9.17) is 4.74 Å². The quantitative estimate of drug-likeness (QED) is 0.699. The Morgan fingerprint density at radius 1 is 1.35 bits per heavy atom. The van der Waals surface area contributed by atoms with Gasteiger partial charge in [0.15, 0.2) is 0 Å². The van der Waals surface area contributed by atoms with Gasteiger partial charge in [0, 0.05) is 20.7 Å². The number of rotatable bonds is 1. The molecule has 0 aromatic heterocycles. The zero-order chi connectivity index (χ0) is 12.3. The van der Waals surface area contributed by atoms with E-state index in [0.29, 0.717) is 6.61 Å². The third-order valence-electron chi connectivity index (χ3n) is 4.07. The number of nitrogens with one attached hydrogen (secondary N) is 2. The van der Waals surface area contributed by atoms with Crippen molar-refractivity contribution in [3.63, 3.8) is 0 Å². The van der Waals surface area contributed by atoms with Crippen LogP contribution in [0.3, 0.4) is 0 Å². The van der Waals surface area contributed by atoms with E-state index < -0.39 is 0 Å². The first-order chi connectivity index (χ1) is 8.14. The minimum atomic E-state index is -0.0154. The largest absolute Gasteiger partial charge is 0.379 e. The first kappa shape index (κ1) is 12.6. The number of carbonyl (C=O) groups excluding carboxylic acids is 1. The van der Waals surface area contributed by atoms with Crippen molar-refractivity contribution in [2.45, 2.75) is 25.3 Å². The maximum atomic E-state index is 11.8. The van der Waals surface area contributed by atoms with Crippen molar-refractivity contribution in [2.24, 2.45) is 5.41 Å². The standard InChI is InChI=1S/C12H23N3O2/c1-15(2)11(16)14-10-9-17-8-5-12(10)3-6-13-7-4-12/h10,13H,3-9H2,1-2H3,(H,14,16)/t10-/m1/s1. The highest BCUT2D eigenvalue weighted by atomic mass is 16.5. The van der Waals surface area contributed by atoms with Gasteiger partial charge in [-0.2, -0.15) is 0 Å². The summed E-state index contributed by atoms with van der Waals surface area (Å²) in [4.78, 5) is 13.4. The molecule has 2 heterocycles. The molecule has 0 saturated carbocycles. The molecule has 98 valence electrons. The van der Waals surface area contributed by atoms with E-state index in [2.05, 4.69) is 10.6 Å². The topological polar surface area (TPSA) is 53.6 Å². The van der Waals surface area contributed by atoms with E-state index >= 15 is 0 Å². The highest BCUT2D eigenvalue weighted by Crippen LogP contribution is 2.39. The van der Waals surface area contributed by atoms with Gasteiger partial charge >= 0.3 is 6.03 Å². The Balaban J connectivity index is 2.03. The number of ether oxygens (including phenoxy) is 1. The zero-order valence-electron chi connectivity index (χ0n) is 10.8. The van der Waals surface area contributed by atoms with Crippen LogP contribution in [-0.2, 0) is 4.74 Å². The van der Waals surface area contributed by atoms with Crippen LogP contribution in [0.5, 0.6) is 0 Å². The summed E-state index contributed by atoms with van der Waals surface area (Å²) in [7, 11) is 3.54. The molecule has 0 aromatic rings. The second-order valence-corrected chi connectivity index (χ2v) is 5.33. The molecular formula is C12H23N3O2. The predicted molar refractivity (Wildman–Crippen MR) is 66.0 cm³/mol. The molecule has 0 aromatic carbocycles. The summed E-state index contributed by atoms with van der Waals surface area (Å²) >= 11 is 0. The Morgan fingerprint density at radius 2 is 2.06 bits per heavy atom. The summed E-state index contributed by atoms with van der Waals surface area (Å²) in [5, 5.41) is 6.50. The van der Waals surface area contributed by atoms with Crippen LogP contribution in [0.4, 0.5) is 4.79 Å². The lowest BCUT2D eigenvalue weighted by Crippen LogP contribution is -2.58. The number of urea groups is 1. The molecule has 0 radical (unpaired) electrons. The molecule has 2 aliphatic heterocycles. The van der Waals surface area contributed by atoms with Crippen LogP contribution < -0.4 is 10.6 Å². The lowest BCUT2D eigenvalue weighted by molar-refractivity contribution is -0.0307. The highest BCUT2D eigenvalue weighted by molar-refractivity contribution is 5.74. The predicted octanol–water partition coefficient (Wildman–Crippen LogP) is 0.416. The van der Waals surface area contributed by atoms with Crippen molar-refractivity contribution >= 4 is 6.03 Å². The lowest BCUT2D eigenvalue weighted by atomic mass is 9.69. The van der Waals surface area contributed by atoms with Gasteiger partial charge < -0.3 is 20.3 Å². The number of nitrogens with zero attached hydrogens (tertiary/aromatic N) is 1. The molecule has 0 aliphatic carbocycles. The number of hydrogen-bond donors (Lipinski definition) is 2. The smallest absolute Gasteiger partial charge is 0.317 e. The maximum absolute atomic E-state index is 11.8. The molecule has 5 heteroatoms. The molecule has 2 amide bonds. The minimum absolute atomic E-state index is 0.0154. The first-order valence-electron chi connectivity index (χ1n) is 6.40. The average Bonchev–Trinajstić information content (AvgIpc) is 2.33. The van der Waals surface area contributed by atoms with Crippen LogP contribution in [0.15, 0.2) is 0 Å². The third kappa shape index (κ3) is 2.72. The van der Waals surface area contributed by atoms with Crippen molar-refractivity contribution < 1.29 is 9.53 Å². The SMILES string of the molecule is CN(C)C(=O)N[C@@H]1COCCC12CCNCC2. The van der Waals surface area contributed by atoms with Gasteiger partial charge in [0.2, 0.25) is 0 Å². The summed E-state index contributed by atoms with van der Waals surface area (Å²) in [6.07, 6.45) is 3.33. The van der Waals surface area contributed by atoms with Crippen LogP contribution in [-0.4, -0.2) is 57.4 Å². The van der Waals surface area contributed by atoms with Gasteiger partial charge in [0.1, 0.15) is 0 Å². The van der Waals surface area contributed by atoms with E-state index in [1.165, 1.54) is 0 Å². The molecule has 2 fully saturated rings. The molecule has 5 nitrogen and oxygen atoms in total. The molecule has 17 heavy (non-hydrogen) atoms. The van der Waals surface area contributed by atoms with Crippen molar-refractivity contribution in [1.82, 2.24) is 15.5 Å². The van der Waals surface area contributed by atoms with Crippen molar-refractivity contribution in [1.29, 1.82) is 0 Å². The summed E-state index contributed by atoms with van der Waals surface area (Å²) in [5.74, 6) is 0. The average molecular weight is 241 g/mol. The Kier molecular flexibility index (Phi) is 3.89. The molecule has 2 N–H and O–H groups in total. The monoisotopic (exact) mass is 241 g/mol. The Morgan fingerprint density at radius 3 is 2.71 bits per heavy atom. The van der Waals surface area contributed by atoms with E-state index in [1.54, 1.807) is 19.0 Å². The molecule has 1 atom stereocenters. The fraction of sp³-hybridized carbons (Fsp3) is 0.917. The van der Waals surface area contributed by atoms with E-state index in [9.17, 15) is 4.79 Å². The minimum Gasteiger partial charge on any atom is -0.379 e. The number of amides is 2. The highest BCUT2D eigenvalue weighted by Gasteiger charge is 2.42. The van der Waals surface area contributed by atoms with E-state index in [1.807, 2.05) is 0 Å². The third-order valence-corrected chi connectivity index (χ3v) is 4.07. The second-order valence-electron chi connectivity index (χ2n) is 5.33. The van der Waals surface area contributed by atoms with Crippen LogP contribution in [0, 0.1) is 5.41 Å². The van der Waals surface area contributed by atoms with Crippen LogP contribution in [0.2, 0.25) is 0 Å². The van der Waals surface area contributed by atoms with Gasteiger partial charge in [-0.05, 0) is 37.8 Å². The summed E-state index contributed by atoms with van der Waals surface area (Å²) < 4.78 is 5.54. The lowest BCUT2D eigenvalue weighted by Gasteiger charge is -2.47. The number of piperidine rings is 1. The van der Waals surface area contributed by atoms with Gasteiger partial charge in [0.05, 0.1) is 12.6 Å². The van der Waals surface area contributed by atoms with Crippen LogP contribution in [0.25, 0.3) is 0 Å². The fourth-order valence-corrected chi connectivity index (χ4v) is 2.82. The molecule has 2 aliphatic rings. The van der Waals surface area contributed by atoms with Crippen molar-refractivity contribution in [2.75, 3.05) is 40.4 Å². The van der Waals surface area contributed by atoms with Crippen LogP contribution >= 0.6 is 0 Å². The van der Waals surface area contributed by atoms with E-state index in [0.717, 1.165) is 39.0 Å². The fourth-order valence-electron chi connectivity index (χ4n) is 2.82. The molecular weight excluding hydrogens is 218 g/mol. The summed E-state index contributed by atoms with van der Waals surface area (Å²) in [5.41, 5.74) is 0.245. The zero-order valence-corrected chi connectivity index (χ0v) is 10.8. The number of hydrogen-bond acceptors (Lipinski definition) is 3. The second kappa shape index (κ2) is 5.23.